The third-order valence-electron chi connectivity index (χ3n) is 3.72. The molecule has 0 amide bonds. The summed E-state index contributed by atoms with van der Waals surface area (Å²) in [4.78, 5) is 10.8. The Morgan fingerprint density at radius 1 is 1.00 bits per heavy atom. The zero-order chi connectivity index (χ0) is 16.2. The van der Waals surface area contributed by atoms with Crippen LogP contribution in [-0.2, 0) is 4.79 Å². The van der Waals surface area contributed by atoms with Crippen LogP contribution in [0.5, 0.6) is 5.75 Å². The molecule has 0 spiro atoms. The molecule has 0 atom stereocenters. The highest BCUT2D eigenvalue weighted by Crippen LogP contribution is 2.29. The topological polar surface area (TPSA) is 46.5 Å². The molecule has 0 saturated carbocycles. The smallest absolute Gasteiger partial charge is 0.328 e. The Kier molecular flexibility index (Phi) is 4.11. The molecule has 0 saturated heterocycles. The van der Waals surface area contributed by atoms with Crippen molar-refractivity contribution in [2.75, 3.05) is 7.11 Å². The van der Waals surface area contributed by atoms with Crippen molar-refractivity contribution in [2.45, 2.75) is 0 Å². The van der Waals surface area contributed by atoms with Crippen molar-refractivity contribution in [2.24, 2.45) is 0 Å². The first-order valence-corrected chi connectivity index (χ1v) is 7.25. The number of ether oxygens (including phenoxy) is 1. The molecule has 0 aliphatic rings. The Bertz CT molecular complexity index is 894. The fourth-order valence-electron chi connectivity index (χ4n) is 2.58. The minimum atomic E-state index is -0.953. The number of fused-ring (bicyclic) bond motifs is 1. The van der Waals surface area contributed by atoms with Crippen molar-refractivity contribution < 1.29 is 14.6 Å². The van der Waals surface area contributed by atoms with Crippen molar-refractivity contribution in [3.8, 4) is 16.9 Å². The molecule has 114 valence electrons. The number of carbonyl (C=O) groups is 1. The lowest BCUT2D eigenvalue weighted by Gasteiger charge is -2.09. The zero-order valence-corrected chi connectivity index (χ0v) is 12.7. The molecular weight excluding hydrogens is 288 g/mol. The summed E-state index contributed by atoms with van der Waals surface area (Å²) in [7, 11) is 1.65. The van der Waals surface area contributed by atoms with E-state index in [1.807, 2.05) is 54.6 Å². The normalized spacial score (nSPS) is 11.0. The molecule has 0 aliphatic carbocycles. The second-order valence-electron chi connectivity index (χ2n) is 5.19. The lowest BCUT2D eigenvalue weighted by molar-refractivity contribution is -0.131. The summed E-state index contributed by atoms with van der Waals surface area (Å²) in [5.74, 6) is -0.125. The van der Waals surface area contributed by atoms with Crippen molar-refractivity contribution in [3.63, 3.8) is 0 Å². The molecule has 0 aromatic heterocycles. The summed E-state index contributed by atoms with van der Waals surface area (Å²) >= 11 is 0. The minimum Gasteiger partial charge on any atom is -0.497 e. The Labute approximate surface area is 134 Å². The van der Waals surface area contributed by atoms with E-state index in [4.69, 9.17) is 9.84 Å². The highest BCUT2D eigenvalue weighted by atomic mass is 16.5. The minimum absolute atomic E-state index is 0.829. The summed E-state index contributed by atoms with van der Waals surface area (Å²) in [6, 6.07) is 19.9. The maximum absolute atomic E-state index is 10.8. The fourth-order valence-corrected chi connectivity index (χ4v) is 2.58. The molecular formula is C20H16O3. The van der Waals surface area contributed by atoms with Gasteiger partial charge in [-0.15, -0.1) is 0 Å². The number of carboxylic acid groups (broad SMARTS) is 1. The monoisotopic (exact) mass is 304 g/mol. The van der Waals surface area contributed by atoms with Crippen LogP contribution in [0.1, 0.15) is 5.56 Å². The molecule has 0 heterocycles. The molecule has 0 fully saturated rings. The predicted octanol–water partition coefficient (Wildman–Crippen LogP) is 4.61. The quantitative estimate of drug-likeness (QED) is 0.716. The van der Waals surface area contributed by atoms with Gasteiger partial charge in [0.25, 0.3) is 0 Å². The highest BCUT2D eigenvalue weighted by Gasteiger charge is 2.05. The van der Waals surface area contributed by atoms with E-state index < -0.39 is 5.97 Å². The maximum Gasteiger partial charge on any atom is 0.328 e. The van der Waals surface area contributed by atoms with Crippen molar-refractivity contribution in [1.29, 1.82) is 0 Å². The third-order valence-corrected chi connectivity index (χ3v) is 3.72. The van der Waals surface area contributed by atoms with Gasteiger partial charge in [-0.25, -0.2) is 4.79 Å². The average molecular weight is 304 g/mol. The summed E-state index contributed by atoms with van der Waals surface area (Å²) < 4.78 is 5.25. The number of aliphatic carboxylic acids is 1. The Morgan fingerprint density at radius 2 is 1.74 bits per heavy atom. The first kappa shape index (κ1) is 14.9. The number of rotatable bonds is 4. The lowest BCUT2D eigenvalue weighted by atomic mass is 9.97. The van der Waals surface area contributed by atoms with Gasteiger partial charge >= 0.3 is 5.97 Å². The summed E-state index contributed by atoms with van der Waals surface area (Å²) in [5.41, 5.74) is 2.93. The molecule has 1 N–H and O–H groups in total. The standard InChI is InChI=1S/C20H16O3/c1-23-18-10-8-15-12-17(7-6-16(15)13-18)19-5-3-2-4-14(19)9-11-20(21)22/h2-13H,1H3,(H,21,22). The van der Waals surface area contributed by atoms with Gasteiger partial charge < -0.3 is 9.84 Å². The van der Waals surface area contributed by atoms with Crippen LogP contribution in [0.4, 0.5) is 0 Å². The number of benzene rings is 3. The largest absolute Gasteiger partial charge is 0.497 e. The van der Waals surface area contributed by atoms with Gasteiger partial charge in [0.1, 0.15) is 5.75 Å². The van der Waals surface area contributed by atoms with Gasteiger partial charge in [0.15, 0.2) is 0 Å². The lowest BCUT2D eigenvalue weighted by Crippen LogP contribution is -1.88. The molecule has 3 aromatic rings. The highest BCUT2D eigenvalue weighted by molar-refractivity contribution is 5.91. The van der Waals surface area contributed by atoms with Crippen molar-refractivity contribution in [1.82, 2.24) is 0 Å². The van der Waals surface area contributed by atoms with Crippen LogP contribution >= 0.6 is 0 Å². The molecule has 0 unspecified atom stereocenters. The SMILES string of the molecule is COc1ccc2cc(-c3ccccc3C=CC(=O)O)ccc2c1. The molecule has 3 aromatic carbocycles. The van der Waals surface area contributed by atoms with Crippen LogP contribution in [0.25, 0.3) is 28.0 Å². The summed E-state index contributed by atoms with van der Waals surface area (Å²) in [6.07, 6.45) is 2.78. The van der Waals surface area contributed by atoms with Crippen molar-refractivity contribution in [3.05, 3.63) is 72.3 Å². The second kappa shape index (κ2) is 6.36. The number of hydrogen-bond acceptors (Lipinski definition) is 2. The molecule has 3 heteroatoms. The molecule has 0 radical (unpaired) electrons. The second-order valence-corrected chi connectivity index (χ2v) is 5.19. The van der Waals surface area contributed by atoms with E-state index in [1.54, 1.807) is 13.2 Å². The van der Waals surface area contributed by atoms with Gasteiger partial charge in [-0.2, -0.15) is 0 Å². The van der Waals surface area contributed by atoms with E-state index in [0.717, 1.165) is 39.3 Å². The first-order chi connectivity index (χ1) is 11.2. The Hall–Kier alpha value is -3.07. The summed E-state index contributed by atoms with van der Waals surface area (Å²) in [6.45, 7) is 0. The van der Waals surface area contributed by atoms with E-state index in [-0.39, 0.29) is 0 Å². The van der Waals surface area contributed by atoms with E-state index in [1.165, 1.54) is 0 Å². The Balaban J connectivity index is 2.08. The van der Waals surface area contributed by atoms with Gasteiger partial charge in [-0.1, -0.05) is 42.5 Å². The Morgan fingerprint density at radius 3 is 2.52 bits per heavy atom. The van der Waals surface area contributed by atoms with Crippen LogP contribution in [0.15, 0.2) is 66.7 Å². The zero-order valence-electron chi connectivity index (χ0n) is 12.7. The van der Waals surface area contributed by atoms with Gasteiger partial charge in [-0.05, 0) is 51.7 Å². The van der Waals surface area contributed by atoms with E-state index in [0.29, 0.717) is 0 Å². The number of hydrogen-bond donors (Lipinski definition) is 1. The average Bonchev–Trinajstić information content (AvgIpc) is 2.59. The van der Waals surface area contributed by atoms with E-state index in [2.05, 4.69) is 6.07 Å². The van der Waals surface area contributed by atoms with Crippen LogP contribution < -0.4 is 4.74 Å². The van der Waals surface area contributed by atoms with Gasteiger partial charge in [0.2, 0.25) is 0 Å². The van der Waals surface area contributed by atoms with Crippen LogP contribution in [0.2, 0.25) is 0 Å². The van der Waals surface area contributed by atoms with Crippen LogP contribution in [-0.4, -0.2) is 18.2 Å². The van der Waals surface area contributed by atoms with Gasteiger partial charge in [-0.3, -0.25) is 0 Å². The van der Waals surface area contributed by atoms with Gasteiger partial charge in [0, 0.05) is 6.08 Å². The molecule has 3 rings (SSSR count). The molecule has 3 nitrogen and oxygen atoms in total. The van der Waals surface area contributed by atoms with E-state index in [9.17, 15) is 4.79 Å². The van der Waals surface area contributed by atoms with Gasteiger partial charge in [0.05, 0.1) is 7.11 Å². The fraction of sp³-hybridized carbons (Fsp3) is 0.0500. The predicted molar refractivity (Wildman–Crippen MR) is 92.6 cm³/mol. The van der Waals surface area contributed by atoms with Crippen LogP contribution in [0, 0.1) is 0 Å². The maximum atomic E-state index is 10.8. The van der Waals surface area contributed by atoms with Crippen molar-refractivity contribution >= 4 is 22.8 Å². The molecule has 0 bridgehead atoms. The molecule has 0 aliphatic heterocycles. The van der Waals surface area contributed by atoms with Crippen LogP contribution in [0.3, 0.4) is 0 Å². The van der Waals surface area contributed by atoms with E-state index >= 15 is 0 Å². The summed E-state index contributed by atoms with van der Waals surface area (Å²) in [5, 5.41) is 11.0. The number of carboxylic acids is 1. The third kappa shape index (κ3) is 3.24. The molecule has 23 heavy (non-hydrogen) atoms. The first-order valence-electron chi connectivity index (χ1n) is 7.25. The number of methoxy groups -OCH3 is 1.